The van der Waals surface area contributed by atoms with Gasteiger partial charge in [0, 0.05) is 17.4 Å². The van der Waals surface area contributed by atoms with Crippen LogP contribution in [0.4, 0.5) is 10.1 Å². The first-order valence-corrected chi connectivity index (χ1v) is 8.66. The van der Waals surface area contributed by atoms with E-state index in [2.05, 4.69) is 15.3 Å². The zero-order valence-corrected chi connectivity index (χ0v) is 15.4. The molecule has 0 saturated carbocycles. The van der Waals surface area contributed by atoms with Crippen LogP contribution in [0.1, 0.15) is 33.3 Å². The Morgan fingerprint density at radius 2 is 1.75 bits per heavy atom. The average Bonchev–Trinajstić information content (AvgIpc) is 2.69. The monoisotopic (exact) mass is 379 g/mol. The SMILES string of the molecule is CCOC(=O)c1ccc(NC(=O)c2cnc(-c3ccc(F)cc3)nc2C)cc1. The Bertz CT molecular complexity index is 1000. The highest BCUT2D eigenvalue weighted by molar-refractivity contribution is 6.05. The van der Waals surface area contributed by atoms with Crippen molar-refractivity contribution in [3.63, 3.8) is 0 Å². The summed E-state index contributed by atoms with van der Waals surface area (Å²) in [5.41, 5.74) is 2.41. The van der Waals surface area contributed by atoms with E-state index in [1.54, 1.807) is 50.2 Å². The third-order valence-electron chi connectivity index (χ3n) is 3.98. The second-order valence-corrected chi connectivity index (χ2v) is 5.95. The number of benzene rings is 2. The van der Waals surface area contributed by atoms with Gasteiger partial charge in [0.05, 0.1) is 23.4 Å². The summed E-state index contributed by atoms with van der Waals surface area (Å²) in [5, 5.41) is 2.74. The van der Waals surface area contributed by atoms with Crippen LogP contribution in [0.25, 0.3) is 11.4 Å². The molecule has 3 rings (SSSR count). The molecule has 0 saturated heterocycles. The fourth-order valence-corrected chi connectivity index (χ4v) is 2.53. The van der Waals surface area contributed by atoms with Crippen LogP contribution in [0.5, 0.6) is 0 Å². The van der Waals surface area contributed by atoms with E-state index in [4.69, 9.17) is 4.74 Å². The molecule has 28 heavy (non-hydrogen) atoms. The number of rotatable bonds is 5. The van der Waals surface area contributed by atoms with Gasteiger partial charge in [0.1, 0.15) is 5.82 Å². The van der Waals surface area contributed by atoms with Crippen LogP contribution in [0.15, 0.2) is 54.7 Å². The van der Waals surface area contributed by atoms with Crippen LogP contribution < -0.4 is 5.32 Å². The lowest BCUT2D eigenvalue weighted by Crippen LogP contribution is -2.15. The molecule has 1 N–H and O–H groups in total. The fraction of sp³-hybridized carbons (Fsp3) is 0.143. The number of anilines is 1. The van der Waals surface area contributed by atoms with Crippen LogP contribution in [0.2, 0.25) is 0 Å². The number of hydrogen-bond donors (Lipinski definition) is 1. The van der Waals surface area contributed by atoms with Gasteiger partial charge >= 0.3 is 5.97 Å². The van der Waals surface area contributed by atoms with Crippen molar-refractivity contribution in [2.24, 2.45) is 0 Å². The number of nitrogens with one attached hydrogen (secondary N) is 1. The summed E-state index contributed by atoms with van der Waals surface area (Å²) in [7, 11) is 0. The van der Waals surface area contributed by atoms with Gasteiger partial charge in [-0.05, 0) is 62.4 Å². The Balaban J connectivity index is 1.74. The predicted molar refractivity (Wildman–Crippen MR) is 103 cm³/mol. The maximum absolute atomic E-state index is 13.0. The van der Waals surface area contributed by atoms with E-state index >= 15 is 0 Å². The van der Waals surface area contributed by atoms with E-state index in [1.165, 1.54) is 18.3 Å². The Kier molecular flexibility index (Phi) is 5.74. The zero-order valence-electron chi connectivity index (χ0n) is 15.4. The van der Waals surface area contributed by atoms with Gasteiger partial charge in [-0.1, -0.05) is 0 Å². The third kappa shape index (κ3) is 4.37. The highest BCUT2D eigenvalue weighted by Crippen LogP contribution is 2.18. The molecule has 0 spiro atoms. The number of amides is 1. The molecular formula is C21H18FN3O3. The van der Waals surface area contributed by atoms with Gasteiger partial charge in [0.2, 0.25) is 0 Å². The maximum Gasteiger partial charge on any atom is 0.338 e. The lowest BCUT2D eigenvalue weighted by molar-refractivity contribution is 0.0526. The van der Waals surface area contributed by atoms with Crippen molar-refractivity contribution in [3.05, 3.63) is 77.4 Å². The molecule has 0 unspecified atom stereocenters. The smallest absolute Gasteiger partial charge is 0.338 e. The van der Waals surface area contributed by atoms with Crippen LogP contribution >= 0.6 is 0 Å². The van der Waals surface area contributed by atoms with E-state index in [9.17, 15) is 14.0 Å². The first kappa shape index (κ1) is 19.2. The minimum Gasteiger partial charge on any atom is -0.462 e. The number of carbonyl (C=O) groups is 2. The van der Waals surface area contributed by atoms with Gasteiger partial charge in [0.15, 0.2) is 5.82 Å². The Labute approximate surface area is 161 Å². The van der Waals surface area contributed by atoms with Crippen molar-refractivity contribution >= 4 is 17.6 Å². The van der Waals surface area contributed by atoms with Gasteiger partial charge in [-0.3, -0.25) is 4.79 Å². The molecule has 0 aliphatic heterocycles. The van der Waals surface area contributed by atoms with Crippen molar-refractivity contribution in [2.75, 3.05) is 11.9 Å². The Morgan fingerprint density at radius 1 is 1.07 bits per heavy atom. The highest BCUT2D eigenvalue weighted by Gasteiger charge is 2.14. The van der Waals surface area contributed by atoms with Crippen molar-refractivity contribution in [1.82, 2.24) is 9.97 Å². The first-order chi connectivity index (χ1) is 13.5. The minimum absolute atomic E-state index is 0.296. The van der Waals surface area contributed by atoms with E-state index in [0.717, 1.165) is 0 Å². The summed E-state index contributed by atoms with van der Waals surface area (Å²) in [4.78, 5) is 32.7. The summed E-state index contributed by atoms with van der Waals surface area (Å²) in [6, 6.07) is 12.2. The molecule has 1 amide bonds. The molecule has 0 bridgehead atoms. The average molecular weight is 379 g/mol. The lowest BCUT2D eigenvalue weighted by atomic mass is 10.1. The predicted octanol–water partition coefficient (Wildman–Crippen LogP) is 4.02. The Hall–Kier alpha value is -3.61. The largest absolute Gasteiger partial charge is 0.462 e. The van der Waals surface area contributed by atoms with Crippen LogP contribution in [0, 0.1) is 12.7 Å². The molecule has 1 heterocycles. The Morgan fingerprint density at radius 3 is 2.36 bits per heavy atom. The van der Waals surface area contributed by atoms with Crippen LogP contribution in [0.3, 0.4) is 0 Å². The lowest BCUT2D eigenvalue weighted by Gasteiger charge is -2.09. The molecule has 0 radical (unpaired) electrons. The van der Waals surface area contributed by atoms with Crippen molar-refractivity contribution in [1.29, 1.82) is 0 Å². The van der Waals surface area contributed by atoms with Gasteiger partial charge in [-0.2, -0.15) is 0 Å². The number of aryl methyl sites for hydroxylation is 1. The molecule has 6 nitrogen and oxygen atoms in total. The fourth-order valence-electron chi connectivity index (χ4n) is 2.53. The van der Waals surface area contributed by atoms with Gasteiger partial charge < -0.3 is 10.1 Å². The molecule has 2 aromatic carbocycles. The number of aromatic nitrogens is 2. The summed E-state index contributed by atoms with van der Waals surface area (Å²) < 4.78 is 18.0. The molecule has 142 valence electrons. The van der Waals surface area contributed by atoms with Crippen molar-refractivity contribution in [3.8, 4) is 11.4 Å². The van der Waals surface area contributed by atoms with Crippen LogP contribution in [-0.2, 0) is 4.74 Å². The molecular weight excluding hydrogens is 361 g/mol. The van der Waals surface area contributed by atoms with E-state index in [1.807, 2.05) is 0 Å². The summed E-state index contributed by atoms with van der Waals surface area (Å²) in [6.07, 6.45) is 1.43. The summed E-state index contributed by atoms with van der Waals surface area (Å²) in [6.45, 7) is 3.73. The molecule has 1 aromatic heterocycles. The normalized spacial score (nSPS) is 10.4. The molecule has 7 heteroatoms. The standard InChI is InChI=1S/C21H18FN3O3/c1-3-28-21(27)15-6-10-17(11-7-15)25-20(26)18-12-23-19(24-13(18)2)14-4-8-16(22)9-5-14/h4-12H,3H2,1-2H3,(H,25,26). The third-order valence-corrected chi connectivity index (χ3v) is 3.98. The second kappa shape index (κ2) is 8.39. The quantitative estimate of drug-likeness (QED) is 0.677. The van der Waals surface area contributed by atoms with Gasteiger partial charge in [-0.15, -0.1) is 0 Å². The van der Waals surface area contributed by atoms with E-state index in [0.29, 0.717) is 40.5 Å². The zero-order chi connectivity index (χ0) is 20.1. The molecule has 0 aliphatic carbocycles. The second-order valence-electron chi connectivity index (χ2n) is 5.95. The summed E-state index contributed by atoms with van der Waals surface area (Å²) in [5.74, 6) is -0.716. The molecule has 0 aliphatic rings. The molecule has 3 aromatic rings. The first-order valence-electron chi connectivity index (χ1n) is 8.66. The molecule has 0 atom stereocenters. The van der Waals surface area contributed by atoms with Gasteiger partial charge in [-0.25, -0.2) is 19.2 Å². The maximum atomic E-state index is 13.0. The highest BCUT2D eigenvalue weighted by atomic mass is 19.1. The van der Waals surface area contributed by atoms with E-state index < -0.39 is 5.97 Å². The number of ether oxygens (including phenoxy) is 1. The minimum atomic E-state index is -0.416. The van der Waals surface area contributed by atoms with Crippen LogP contribution in [-0.4, -0.2) is 28.5 Å². The number of esters is 1. The number of nitrogens with zero attached hydrogens (tertiary/aromatic N) is 2. The number of hydrogen-bond acceptors (Lipinski definition) is 5. The van der Waals surface area contributed by atoms with Gasteiger partial charge in [0.25, 0.3) is 5.91 Å². The summed E-state index contributed by atoms with van der Waals surface area (Å²) >= 11 is 0. The molecule has 0 fully saturated rings. The van der Waals surface area contributed by atoms with Crippen molar-refractivity contribution < 1.29 is 18.7 Å². The van der Waals surface area contributed by atoms with E-state index in [-0.39, 0.29) is 11.7 Å². The topological polar surface area (TPSA) is 81.2 Å². The number of carbonyl (C=O) groups excluding carboxylic acids is 2. The number of halogens is 1. The van der Waals surface area contributed by atoms with Crippen molar-refractivity contribution in [2.45, 2.75) is 13.8 Å².